The summed E-state index contributed by atoms with van der Waals surface area (Å²) in [6.07, 6.45) is 2.64. The van der Waals surface area contributed by atoms with Gasteiger partial charge in [-0.05, 0) is 45.2 Å². The molecule has 8 heteroatoms. The van der Waals surface area contributed by atoms with Crippen molar-refractivity contribution in [3.8, 4) is 0 Å². The fraction of sp³-hybridized carbons (Fsp3) is 0.364. The normalized spacial score (nSPS) is 16.6. The quantitative estimate of drug-likeness (QED) is 0.697. The predicted molar refractivity (Wildman–Crippen MR) is 114 cm³/mol. The van der Waals surface area contributed by atoms with Crippen molar-refractivity contribution < 1.29 is 9.59 Å². The molecule has 1 atom stereocenters. The third-order valence-electron chi connectivity index (χ3n) is 5.69. The molecule has 1 aliphatic rings. The molecule has 1 aliphatic heterocycles. The second-order valence-electron chi connectivity index (χ2n) is 7.78. The van der Waals surface area contributed by atoms with Crippen LogP contribution in [0.25, 0.3) is 5.65 Å². The SMILES string of the molecule is CC(=O)Nc1ccccc1C(=O)N1CCCC[C@H]1c1cc2[nH]c(C)c(C)c(=O)n2n1. The maximum absolute atomic E-state index is 13.4. The molecule has 4 rings (SSSR count). The summed E-state index contributed by atoms with van der Waals surface area (Å²) in [6.45, 7) is 5.64. The molecule has 156 valence electrons. The van der Waals surface area contributed by atoms with Gasteiger partial charge in [-0.3, -0.25) is 14.4 Å². The lowest BCUT2D eigenvalue weighted by Crippen LogP contribution is -2.39. The molecule has 2 amide bonds. The number of amides is 2. The van der Waals surface area contributed by atoms with E-state index in [9.17, 15) is 14.4 Å². The number of benzene rings is 1. The summed E-state index contributed by atoms with van der Waals surface area (Å²) in [5.74, 6) is -0.380. The number of hydrogen-bond acceptors (Lipinski definition) is 4. The molecule has 2 N–H and O–H groups in total. The second-order valence-corrected chi connectivity index (χ2v) is 7.78. The van der Waals surface area contributed by atoms with E-state index in [1.807, 2.05) is 13.0 Å². The van der Waals surface area contributed by atoms with Gasteiger partial charge in [-0.15, -0.1) is 0 Å². The van der Waals surface area contributed by atoms with E-state index >= 15 is 0 Å². The standard InChI is InChI=1S/C22H25N5O3/c1-13-14(2)23-20-12-18(25-27(20)21(13)29)19-10-6-7-11-26(19)22(30)16-8-4-5-9-17(16)24-15(3)28/h4-5,8-9,12,19,23H,6-7,10-11H2,1-3H3,(H,24,28)/t19-/m0/s1. The number of rotatable bonds is 3. The molecule has 0 radical (unpaired) electrons. The maximum atomic E-state index is 13.4. The van der Waals surface area contributed by atoms with Gasteiger partial charge in [0.15, 0.2) is 0 Å². The molecule has 0 bridgehead atoms. The highest BCUT2D eigenvalue weighted by molar-refractivity contribution is 6.03. The zero-order valence-corrected chi connectivity index (χ0v) is 17.4. The minimum atomic E-state index is -0.232. The van der Waals surface area contributed by atoms with Gasteiger partial charge in [0.05, 0.1) is 23.0 Å². The molecule has 0 saturated carbocycles. The molecule has 2 aromatic heterocycles. The highest BCUT2D eigenvalue weighted by atomic mass is 16.2. The number of carbonyl (C=O) groups is 2. The Kier molecular flexibility index (Phi) is 5.15. The van der Waals surface area contributed by atoms with Crippen LogP contribution in [0.4, 0.5) is 5.69 Å². The summed E-state index contributed by atoms with van der Waals surface area (Å²) < 4.78 is 1.38. The van der Waals surface area contributed by atoms with Gasteiger partial charge in [-0.2, -0.15) is 9.61 Å². The van der Waals surface area contributed by atoms with Crippen molar-refractivity contribution in [2.24, 2.45) is 0 Å². The number of H-pyrrole nitrogens is 1. The van der Waals surface area contributed by atoms with Crippen LogP contribution in [-0.2, 0) is 4.79 Å². The molecule has 1 saturated heterocycles. The summed E-state index contributed by atoms with van der Waals surface area (Å²) >= 11 is 0. The highest BCUT2D eigenvalue weighted by Crippen LogP contribution is 2.33. The first-order valence-corrected chi connectivity index (χ1v) is 10.1. The number of aromatic amines is 1. The van der Waals surface area contributed by atoms with E-state index in [2.05, 4.69) is 15.4 Å². The van der Waals surface area contributed by atoms with Gasteiger partial charge in [-0.1, -0.05) is 12.1 Å². The first-order chi connectivity index (χ1) is 14.4. The van der Waals surface area contributed by atoms with Crippen molar-refractivity contribution in [2.75, 3.05) is 11.9 Å². The summed E-state index contributed by atoms with van der Waals surface area (Å²) in [5, 5.41) is 7.28. The summed E-state index contributed by atoms with van der Waals surface area (Å²) in [6, 6.07) is 8.64. The van der Waals surface area contributed by atoms with Gasteiger partial charge in [0, 0.05) is 30.8 Å². The monoisotopic (exact) mass is 407 g/mol. The third kappa shape index (κ3) is 3.49. The van der Waals surface area contributed by atoms with Crippen molar-refractivity contribution in [1.29, 1.82) is 0 Å². The van der Waals surface area contributed by atoms with Crippen LogP contribution in [0.5, 0.6) is 0 Å². The number of aromatic nitrogens is 3. The number of piperidine rings is 1. The molecule has 3 heterocycles. The number of carbonyl (C=O) groups excluding carboxylic acids is 2. The van der Waals surface area contributed by atoms with Crippen LogP contribution in [0.2, 0.25) is 0 Å². The van der Waals surface area contributed by atoms with Crippen LogP contribution in [0.15, 0.2) is 35.1 Å². The van der Waals surface area contributed by atoms with Gasteiger partial charge in [0.25, 0.3) is 11.5 Å². The Morgan fingerprint density at radius 1 is 1.20 bits per heavy atom. The zero-order valence-electron chi connectivity index (χ0n) is 17.4. The fourth-order valence-corrected chi connectivity index (χ4v) is 4.02. The van der Waals surface area contributed by atoms with Crippen LogP contribution in [0.3, 0.4) is 0 Å². The number of nitrogens with zero attached hydrogens (tertiary/aromatic N) is 3. The van der Waals surface area contributed by atoms with E-state index in [0.29, 0.717) is 34.7 Å². The minimum Gasteiger partial charge on any atom is -0.343 e. The predicted octanol–water partition coefficient (Wildman–Crippen LogP) is 2.97. The Labute approximate surface area is 173 Å². The molecule has 1 aromatic carbocycles. The molecule has 0 aliphatic carbocycles. The molecule has 1 fully saturated rings. The molecular formula is C22H25N5O3. The average Bonchev–Trinajstić information content (AvgIpc) is 3.15. The van der Waals surface area contributed by atoms with Crippen molar-refractivity contribution >= 4 is 23.1 Å². The Hall–Kier alpha value is -3.42. The van der Waals surface area contributed by atoms with Gasteiger partial charge in [0.2, 0.25) is 5.91 Å². The molecule has 30 heavy (non-hydrogen) atoms. The number of likely N-dealkylation sites (tertiary alicyclic amines) is 1. The Bertz CT molecular complexity index is 1190. The van der Waals surface area contributed by atoms with Crippen LogP contribution >= 0.6 is 0 Å². The number of hydrogen-bond donors (Lipinski definition) is 2. The van der Waals surface area contributed by atoms with E-state index in [1.54, 1.807) is 36.1 Å². The van der Waals surface area contributed by atoms with Crippen LogP contribution in [0.1, 0.15) is 59.5 Å². The number of nitrogens with one attached hydrogen (secondary N) is 2. The van der Waals surface area contributed by atoms with Gasteiger partial charge in [-0.25, -0.2) is 0 Å². The third-order valence-corrected chi connectivity index (χ3v) is 5.69. The molecule has 0 spiro atoms. The minimum absolute atomic E-state index is 0.153. The van der Waals surface area contributed by atoms with Crippen LogP contribution < -0.4 is 10.9 Å². The summed E-state index contributed by atoms with van der Waals surface area (Å²) in [4.78, 5) is 42.6. The number of anilines is 1. The molecule has 8 nitrogen and oxygen atoms in total. The molecule has 0 unspecified atom stereocenters. The second kappa shape index (κ2) is 7.78. The summed E-state index contributed by atoms with van der Waals surface area (Å²) in [5.41, 5.74) is 3.53. The van der Waals surface area contributed by atoms with Crippen LogP contribution in [0, 0.1) is 13.8 Å². The maximum Gasteiger partial charge on any atom is 0.277 e. The number of para-hydroxylation sites is 1. The zero-order chi connectivity index (χ0) is 21.4. The number of aryl methyl sites for hydroxylation is 1. The number of fused-ring (bicyclic) bond motifs is 1. The van der Waals surface area contributed by atoms with Gasteiger partial charge < -0.3 is 15.2 Å². The Morgan fingerprint density at radius 2 is 1.97 bits per heavy atom. The summed E-state index contributed by atoms with van der Waals surface area (Å²) in [7, 11) is 0. The van der Waals surface area contributed by atoms with Gasteiger partial charge >= 0.3 is 0 Å². The van der Waals surface area contributed by atoms with E-state index in [0.717, 1.165) is 25.0 Å². The topological polar surface area (TPSA) is 99.6 Å². The lowest BCUT2D eigenvalue weighted by atomic mass is 9.98. The van der Waals surface area contributed by atoms with Crippen molar-refractivity contribution in [2.45, 2.75) is 46.1 Å². The average molecular weight is 407 g/mol. The Balaban J connectivity index is 1.73. The van der Waals surface area contributed by atoms with E-state index in [4.69, 9.17) is 0 Å². The van der Waals surface area contributed by atoms with Crippen molar-refractivity contribution in [3.05, 3.63) is 63.2 Å². The first kappa shape index (κ1) is 19.9. The smallest absolute Gasteiger partial charge is 0.277 e. The highest BCUT2D eigenvalue weighted by Gasteiger charge is 2.32. The fourth-order valence-electron chi connectivity index (χ4n) is 4.02. The molecular weight excluding hydrogens is 382 g/mol. The van der Waals surface area contributed by atoms with E-state index < -0.39 is 0 Å². The first-order valence-electron chi connectivity index (χ1n) is 10.1. The van der Waals surface area contributed by atoms with Crippen molar-refractivity contribution in [1.82, 2.24) is 19.5 Å². The van der Waals surface area contributed by atoms with E-state index in [1.165, 1.54) is 11.4 Å². The van der Waals surface area contributed by atoms with E-state index in [-0.39, 0.29) is 23.4 Å². The van der Waals surface area contributed by atoms with Crippen molar-refractivity contribution in [3.63, 3.8) is 0 Å². The lowest BCUT2D eigenvalue weighted by molar-refractivity contribution is -0.114. The van der Waals surface area contributed by atoms with Gasteiger partial charge in [0.1, 0.15) is 5.65 Å². The van der Waals surface area contributed by atoms with Crippen LogP contribution in [-0.4, -0.2) is 37.9 Å². The Morgan fingerprint density at radius 3 is 2.73 bits per heavy atom. The lowest BCUT2D eigenvalue weighted by Gasteiger charge is -2.35. The molecule has 3 aromatic rings. The largest absolute Gasteiger partial charge is 0.343 e.